The SMILES string of the molecule is COc1cc2c(cc1O)CC[C@@H]1[C@@H]2CC[C@]2(C)C(C(C)COC(C)=O)=CC[C@@H]12. The third kappa shape index (κ3) is 3.01. The van der Waals surface area contributed by atoms with Crippen LogP contribution in [0.2, 0.25) is 0 Å². The van der Waals surface area contributed by atoms with Gasteiger partial charge in [0.2, 0.25) is 0 Å². The molecule has 0 aliphatic heterocycles. The minimum atomic E-state index is -0.197. The van der Waals surface area contributed by atoms with E-state index in [1.807, 2.05) is 6.07 Å². The van der Waals surface area contributed by atoms with E-state index in [-0.39, 0.29) is 23.1 Å². The first-order chi connectivity index (χ1) is 13.3. The molecule has 1 fully saturated rings. The maximum absolute atomic E-state index is 11.2. The van der Waals surface area contributed by atoms with Gasteiger partial charge in [0.25, 0.3) is 0 Å². The lowest BCUT2D eigenvalue weighted by Gasteiger charge is -2.51. The van der Waals surface area contributed by atoms with E-state index < -0.39 is 0 Å². The van der Waals surface area contributed by atoms with Crippen molar-refractivity contribution in [2.24, 2.45) is 23.2 Å². The monoisotopic (exact) mass is 384 g/mol. The molecule has 3 aliphatic rings. The van der Waals surface area contributed by atoms with E-state index in [2.05, 4.69) is 26.0 Å². The normalized spacial score (nSPS) is 31.9. The van der Waals surface area contributed by atoms with Crippen molar-refractivity contribution in [2.45, 2.75) is 58.8 Å². The summed E-state index contributed by atoms with van der Waals surface area (Å²) < 4.78 is 10.7. The molecule has 4 rings (SSSR count). The lowest BCUT2D eigenvalue weighted by atomic mass is 9.53. The molecule has 3 aliphatic carbocycles. The molecule has 1 aromatic carbocycles. The van der Waals surface area contributed by atoms with Crippen molar-refractivity contribution in [1.82, 2.24) is 0 Å². The van der Waals surface area contributed by atoms with Crippen molar-refractivity contribution < 1.29 is 19.4 Å². The summed E-state index contributed by atoms with van der Waals surface area (Å²) in [4.78, 5) is 11.2. The van der Waals surface area contributed by atoms with E-state index >= 15 is 0 Å². The number of phenolic OH excluding ortho intramolecular Hbond substituents is 1. The summed E-state index contributed by atoms with van der Waals surface area (Å²) in [5, 5.41) is 10.2. The highest BCUT2D eigenvalue weighted by molar-refractivity contribution is 5.65. The number of methoxy groups -OCH3 is 1. The highest BCUT2D eigenvalue weighted by atomic mass is 16.5. The molecule has 4 nitrogen and oxygen atoms in total. The first kappa shape index (κ1) is 19.4. The Balaban J connectivity index is 1.58. The van der Waals surface area contributed by atoms with Crippen molar-refractivity contribution in [1.29, 1.82) is 0 Å². The number of carbonyl (C=O) groups excluding carboxylic acids is 1. The van der Waals surface area contributed by atoms with Gasteiger partial charge in [-0.1, -0.05) is 25.5 Å². The number of aromatic hydroxyl groups is 1. The number of rotatable bonds is 4. The molecule has 0 aromatic heterocycles. The van der Waals surface area contributed by atoms with E-state index in [4.69, 9.17) is 9.47 Å². The van der Waals surface area contributed by atoms with Crippen LogP contribution < -0.4 is 4.74 Å². The molecular formula is C24H32O4. The molecule has 0 saturated heterocycles. The van der Waals surface area contributed by atoms with E-state index in [1.165, 1.54) is 30.0 Å². The van der Waals surface area contributed by atoms with Crippen LogP contribution in [0.3, 0.4) is 0 Å². The van der Waals surface area contributed by atoms with E-state index in [9.17, 15) is 9.90 Å². The van der Waals surface area contributed by atoms with Gasteiger partial charge in [-0.15, -0.1) is 0 Å². The van der Waals surface area contributed by atoms with Gasteiger partial charge in [0.05, 0.1) is 13.7 Å². The zero-order valence-corrected chi connectivity index (χ0v) is 17.5. The van der Waals surface area contributed by atoms with Gasteiger partial charge >= 0.3 is 5.97 Å². The van der Waals surface area contributed by atoms with E-state index in [0.29, 0.717) is 30.1 Å². The van der Waals surface area contributed by atoms with Crippen LogP contribution in [-0.2, 0) is 16.0 Å². The molecule has 1 N–H and O–H groups in total. The van der Waals surface area contributed by atoms with Crippen molar-refractivity contribution in [2.75, 3.05) is 13.7 Å². The molecule has 0 radical (unpaired) electrons. The zero-order valence-electron chi connectivity index (χ0n) is 17.5. The average Bonchev–Trinajstić information content (AvgIpc) is 3.02. The molecule has 1 unspecified atom stereocenters. The average molecular weight is 385 g/mol. The fourth-order valence-corrected chi connectivity index (χ4v) is 6.45. The van der Waals surface area contributed by atoms with Crippen molar-refractivity contribution in [3.63, 3.8) is 0 Å². The third-order valence-corrected chi connectivity index (χ3v) is 7.73. The molecule has 0 heterocycles. The smallest absolute Gasteiger partial charge is 0.302 e. The fraction of sp³-hybridized carbons (Fsp3) is 0.625. The van der Waals surface area contributed by atoms with Crippen LogP contribution in [0, 0.1) is 23.2 Å². The van der Waals surface area contributed by atoms with Crippen LogP contribution in [-0.4, -0.2) is 24.8 Å². The highest BCUT2D eigenvalue weighted by Crippen LogP contribution is 2.62. The topological polar surface area (TPSA) is 55.8 Å². The Hall–Kier alpha value is -1.97. The molecule has 1 saturated carbocycles. The van der Waals surface area contributed by atoms with Crippen LogP contribution in [0.5, 0.6) is 11.5 Å². The fourth-order valence-electron chi connectivity index (χ4n) is 6.45. The summed E-state index contributed by atoms with van der Waals surface area (Å²) in [6.45, 7) is 6.59. The first-order valence-electron chi connectivity index (χ1n) is 10.6. The number of carbonyl (C=O) groups is 1. The number of phenols is 1. The van der Waals surface area contributed by atoms with Gasteiger partial charge in [-0.25, -0.2) is 0 Å². The molecule has 5 atom stereocenters. The molecule has 28 heavy (non-hydrogen) atoms. The molecule has 0 amide bonds. The molecular weight excluding hydrogens is 352 g/mol. The Morgan fingerprint density at radius 2 is 2.14 bits per heavy atom. The largest absolute Gasteiger partial charge is 0.504 e. The second-order valence-electron chi connectivity index (χ2n) is 9.19. The van der Waals surface area contributed by atoms with Gasteiger partial charge in [0.15, 0.2) is 11.5 Å². The number of allylic oxidation sites excluding steroid dienone is 1. The number of ether oxygens (including phenoxy) is 2. The van der Waals surface area contributed by atoms with Crippen LogP contribution in [0.25, 0.3) is 0 Å². The quantitative estimate of drug-likeness (QED) is 0.587. The first-order valence-corrected chi connectivity index (χ1v) is 10.6. The lowest BCUT2D eigenvalue weighted by molar-refractivity contribution is -0.141. The number of fused-ring (bicyclic) bond motifs is 5. The summed E-state index contributed by atoms with van der Waals surface area (Å²) in [5.41, 5.74) is 4.37. The van der Waals surface area contributed by atoms with E-state index in [0.717, 1.165) is 25.7 Å². The predicted molar refractivity (Wildman–Crippen MR) is 109 cm³/mol. The Bertz CT molecular complexity index is 811. The van der Waals surface area contributed by atoms with Gasteiger partial charge in [-0.2, -0.15) is 0 Å². The van der Waals surface area contributed by atoms with Crippen LogP contribution >= 0.6 is 0 Å². The molecule has 0 bridgehead atoms. The Morgan fingerprint density at radius 3 is 2.86 bits per heavy atom. The Labute approximate surface area is 167 Å². The number of hydrogen-bond donors (Lipinski definition) is 1. The second-order valence-corrected chi connectivity index (χ2v) is 9.19. The van der Waals surface area contributed by atoms with Gasteiger partial charge in [0.1, 0.15) is 0 Å². The summed E-state index contributed by atoms with van der Waals surface area (Å²) in [5.74, 6) is 2.79. The summed E-state index contributed by atoms with van der Waals surface area (Å²) in [7, 11) is 1.62. The van der Waals surface area contributed by atoms with Crippen LogP contribution in [0.4, 0.5) is 0 Å². The summed E-state index contributed by atoms with van der Waals surface area (Å²) in [6, 6.07) is 3.99. The molecule has 4 heteroatoms. The number of esters is 1. The maximum Gasteiger partial charge on any atom is 0.302 e. The minimum absolute atomic E-state index is 0.197. The van der Waals surface area contributed by atoms with Crippen LogP contribution in [0.15, 0.2) is 23.8 Å². The summed E-state index contributed by atoms with van der Waals surface area (Å²) in [6.07, 6.45) is 8.10. The third-order valence-electron chi connectivity index (χ3n) is 7.73. The standard InChI is InChI=1S/C24H32O4/c1-14(13-28-15(2)25)20-7-8-21-18-6-5-16-11-22(26)23(27-4)12-19(16)17(18)9-10-24(20,21)3/h7,11-12,14,17-18,21,26H,5-6,8-10,13H2,1-4H3/t14?,17-,18+,21-,24+/m0/s1. The molecule has 1 aromatic rings. The predicted octanol–water partition coefficient (Wildman–Crippen LogP) is 4.99. The zero-order chi connectivity index (χ0) is 20.1. The second kappa shape index (κ2) is 7.13. The van der Waals surface area contributed by atoms with Crippen molar-refractivity contribution in [3.8, 4) is 11.5 Å². The van der Waals surface area contributed by atoms with Crippen molar-refractivity contribution >= 4 is 5.97 Å². The van der Waals surface area contributed by atoms with Gasteiger partial charge in [0, 0.05) is 12.8 Å². The Kier molecular flexibility index (Phi) is 4.93. The molecule has 0 spiro atoms. The lowest BCUT2D eigenvalue weighted by Crippen LogP contribution is -2.42. The number of aryl methyl sites for hydroxylation is 1. The number of hydrogen-bond acceptors (Lipinski definition) is 4. The van der Waals surface area contributed by atoms with Gasteiger partial charge in [-0.05, 0) is 78.5 Å². The van der Waals surface area contributed by atoms with Crippen LogP contribution in [0.1, 0.15) is 63.5 Å². The number of benzene rings is 1. The highest BCUT2D eigenvalue weighted by Gasteiger charge is 2.52. The van der Waals surface area contributed by atoms with E-state index in [1.54, 1.807) is 7.11 Å². The maximum atomic E-state index is 11.2. The minimum Gasteiger partial charge on any atom is -0.504 e. The van der Waals surface area contributed by atoms with Gasteiger partial charge < -0.3 is 14.6 Å². The van der Waals surface area contributed by atoms with Gasteiger partial charge in [-0.3, -0.25) is 4.79 Å². The summed E-state index contributed by atoms with van der Waals surface area (Å²) >= 11 is 0. The van der Waals surface area contributed by atoms with Crippen molar-refractivity contribution in [3.05, 3.63) is 34.9 Å². The molecule has 152 valence electrons. The Morgan fingerprint density at radius 1 is 1.36 bits per heavy atom.